The van der Waals surface area contributed by atoms with Crippen LogP contribution in [0.3, 0.4) is 0 Å². The molecule has 1 aromatic rings. The molecule has 98 valence electrons. The van der Waals surface area contributed by atoms with Crippen LogP contribution in [-0.4, -0.2) is 53.1 Å². The number of furan rings is 1. The summed E-state index contributed by atoms with van der Waals surface area (Å²) in [6.45, 7) is 5.07. The molecular weight excluding hydrogens is 232 g/mol. The Morgan fingerprint density at radius 1 is 1.44 bits per heavy atom. The van der Waals surface area contributed by atoms with Crippen LogP contribution in [0.5, 0.6) is 0 Å². The number of carboxylic acid groups (broad SMARTS) is 1. The van der Waals surface area contributed by atoms with Gasteiger partial charge in [0.05, 0.1) is 6.26 Å². The molecule has 0 amide bonds. The van der Waals surface area contributed by atoms with E-state index in [1.165, 1.54) is 25.6 Å². The monoisotopic (exact) mass is 250 g/mol. The second kappa shape index (κ2) is 4.74. The number of fused-ring (bicyclic) bond motifs is 1. The first-order valence-electron chi connectivity index (χ1n) is 6.50. The van der Waals surface area contributed by atoms with Gasteiger partial charge in [0.25, 0.3) is 0 Å². The molecule has 3 rings (SSSR count). The molecule has 2 saturated heterocycles. The standard InChI is InChI=1S/C13H18N2O3/c16-13(17)12-10(3-7-18-12)8-14-5-6-15-4-1-2-11(15)9-14/h3,7,11H,1-2,4-6,8-9H2,(H,16,17). The predicted octanol–water partition coefficient (Wildman–Crippen LogP) is 1.26. The Morgan fingerprint density at radius 3 is 3.17 bits per heavy atom. The number of aromatic carboxylic acids is 1. The summed E-state index contributed by atoms with van der Waals surface area (Å²) in [6, 6.07) is 2.43. The van der Waals surface area contributed by atoms with Gasteiger partial charge >= 0.3 is 5.97 Å². The van der Waals surface area contributed by atoms with Crippen LogP contribution in [0.1, 0.15) is 29.0 Å². The molecule has 1 aromatic heterocycles. The van der Waals surface area contributed by atoms with Crippen molar-refractivity contribution in [1.29, 1.82) is 0 Å². The summed E-state index contributed by atoms with van der Waals surface area (Å²) in [5.74, 6) is -0.890. The normalized spacial score (nSPS) is 25.2. The van der Waals surface area contributed by atoms with Crippen LogP contribution in [0.2, 0.25) is 0 Å². The molecular formula is C13H18N2O3. The lowest BCUT2D eigenvalue weighted by Crippen LogP contribution is -2.49. The minimum absolute atomic E-state index is 0.0869. The van der Waals surface area contributed by atoms with Crippen molar-refractivity contribution in [3.8, 4) is 0 Å². The predicted molar refractivity (Wildman–Crippen MR) is 65.5 cm³/mol. The zero-order valence-electron chi connectivity index (χ0n) is 10.3. The van der Waals surface area contributed by atoms with Gasteiger partial charge in [-0.15, -0.1) is 0 Å². The van der Waals surface area contributed by atoms with Crippen molar-refractivity contribution in [1.82, 2.24) is 9.80 Å². The number of piperazine rings is 1. The third-order valence-electron chi connectivity index (χ3n) is 4.01. The van der Waals surface area contributed by atoms with Crippen molar-refractivity contribution in [3.05, 3.63) is 23.7 Å². The van der Waals surface area contributed by atoms with Crippen LogP contribution < -0.4 is 0 Å². The SMILES string of the molecule is O=C(O)c1occc1CN1CCN2CCCC2C1. The summed E-state index contributed by atoms with van der Waals surface area (Å²) in [4.78, 5) is 15.9. The number of hydrogen-bond acceptors (Lipinski definition) is 4. The summed E-state index contributed by atoms with van der Waals surface area (Å²) >= 11 is 0. The van der Waals surface area contributed by atoms with E-state index in [0.29, 0.717) is 12.6 Å². The van der Waals surface area contributed by atoms with Gasteiger partial charge in [-0.25, -0.2) is 4.79 Å². The molecule has 1 atom stereocenters. The average molecular weight is 250 g/mol. The summed E-state index contributed by atoms with van der Waals surface area (Å²) in [6.07, 6.45) is 4.03. The lowest BCUT2D eigenvalue weighted by atomic mass is 10.1. The van der Waals surface area contributed by atoms with E-state index in [9.17, 15) is 4.79 Å². The van der Waals surface area contributed by atoms with Gasteiger partial charge in [0.1, 0.15) is 0 Å². The highest BCUT2D eigenvalue weighted by atomic mass is 16.4. The summed E-state index contributed by atoms with van der Waals surface area (Å²) in [5.41, 5.74) is 0.786. The third-order valence-corrected chi connectivity index (χ3v) is 4.01. The summed E-state index contributed by atoms with van der Waals surface area (Å²) in [5, 5.41) is 9.01. The zero-order chi connectivity index (χ0) is 12.5. The van der Waals surface area contributed by atoms with Crippen LogP contribution in [0, 0.1) is 0 Å². The largest absolute Gasteiger partial charge is 0.475 e. The summed E-state index contributed by atoms with van der Waals surface area (Å²) < 4.78 is 5.02. The second-order valence-corrected chi connectivity index (χ2v) is 5.15. The molecule has 5 nitrogen and oxygen atoms in total. The molecule has 2 fully saturated rings. The van der Waals surface area contributed by atoms with Crippen LogP contribution in [0.15, 0.2) is 16.7 Å². The Kier molecular flexibility index (Phi) is 3.09. The molecule has 2 aliphatic rings. The van der Waals surface area contributed by atoms with E-state index in [1.807, 2.05) is 0 Å². The van der Waals surface area contributed by atoms with Crippen molar-refractivity contribution in [2.75, 3.05) is 26.2 Å². The molecule has 18 heavy (non-hydrogen) atoms. The molecule has 5 heteroatoms. The molecule has 0 aromatic carbocycles. The van der Waals surface area contributed by atoms with E-state index in [0.717, 1.165) is 25.2 Å². The van der Waals surface area contributed by atoms with Crippen LogP contribution in [-0.2, 0) is 6.54 Å². The van der Waals surface area contributed by atoms with E-state index in [4.69, 9.17) is 9.52 Å². The number of carboxylic acids is 1. The highest BCUT2D eigenvalue weighted by Crippen LogP contribution is 2.23. The molecule has 1 N–H and O–H groups in total. The summed E-state index contributed by atoms with van der Waals surface area (Å²) in [7, 11) is 0. The van der Waals surface area contributed by atoms with Crippen molar-refractivity contribution >= 4 is 5.97 Å². The van der Waals surface area contributed by atoms with Gasteiger partial charge in [-0.05, 0) is 25.5 Å². The Balaban J connectivity index is 1.66. The van der Waals surface area contributed by atoms with Crippen molar-refractivity contribution < 1.29 is 14.3 Å². The highest BCUT2D eigenvalue weighted by molar-refractivity contribution is 5.86. The highest BCUT2D eigenvalue weighted by Gasteiger charge is 2.31. The third kappa shape index (κ3) is 2.15. The quantitative estimate of drug-likeness (QED) is 0.875. The first-order chi connectivity index (χ1) is 8.74. The lowest BCUT2D eigenvalue weighted by molar-refractivity contribution is 0.0654. The van der Waals surface area contributed by atoms with Crippen LogP contribution >= 0.6 is 0 Å². The maximum atomic E-state index is 11.0. The van der Waals surface area contributed by atoms with Gasteiger partial charge in [0, 0.05) is 37.8 Å². The first kappa shape index (κ1) is 11.7. The van der Waals surface area contributed by atoms with Crippen molar-refractivity contribution in [3.63, 3.8) is 0 Å². The minimum atomic E-state index is -0.977. The number of rotatable bonds is 3. The molecule has 1 unspecified atom stereocenters. The molecule has 0 bridgehead atoms. The zero-order valence-corrected chi connectivity index (χ0v) is 10.3. The number of carbonyl (C=O) groups is 1. The van der Waals surface area contributed by atoms with Gasteiger partial charge in [-0.1, -0.05) is 0 Å². The maximum absolute atomic E-state index is 11.0. The topological polar surface area (TPSA) is 56.9 Å². The fourth-order valence-corrected chi connectivity index (χ4v) is 3.09. The molecule has 3 heterocycles. The molecule has 0 radical (unpaired) electrons. The van der Waals surface area contributed by atoms with E-state index < -0.39 is 5.97 Å². The fourth-order valence-electron chi connectivity index (χ4n) is 3.09. The fraction of sp³-hybridized carbons (Fsp3) is 0.615. The molecule has 0 aliphatic carbocycles. The van der Waals surface area contributed by atoms with E-state index in [1.54, 1.807) is 6.07 Å². The van der Waals surface area contributed by atoms with E-state index in [2.05, 4.69) is 9.80 Å². The first-order valence-corrected chi connectivity index (χ1v) is 6.50. The van der Waals surface area contributed by atoms with Crippen molar-refractivity contribution in [2.45, 2.75) is 25.4 Å². The maximum Gasteiger partial charge on any atom is 0.372 e. The Hall–Kier alpha value is -1.33. The van der Waals surface area contributed by atoms with Crippen LogP contribution in [0.25, 0.3) is 0 Å². The van der Waals surface area contributed by atoms with Gasteiger partial charge in [0.15, 0.2) is 0 Å². The van der Waals surface area contributed by atoms with Gasteiger partial charge in [0.2, 0.25) is 5.76 Å². The Labute approximate surface area is 106 Å². The lowest BCUT2D eigenvalue weighted by Gasteiger charge is -2.37. The number of nitrogens with zero attached hydrogens (tertiary/aromatic N) is 2. The second-order valence-electron chi connectivity index (χ2n) is 5.15. The van der Waals surface area contributed by atoms with Crippen LogP contribution in [0.4, 0.5) is 0 Å². The molecule has 0 spiro atoms. The van der Waals surface area contributed by atoms with E-state index in [-0.39, 0.29) is 5.76 Å². The Bertz CT molecular complexity index is 443. The van der Waals surface area contributed by atoms with Gasteiger partial charge in [-0.2, -0.15) is 0 Å². The van der Waals surface area contributed by atoms with Crippen molar-refractivity contribution in [2.24, 2.45) is 0 Å². The number of hydrogen-bond donors (Lipinski definition) is 1. The molecule has 0 saturated carbocycles. The average Bonchev–Trinajstić information content (AvgIpc) is 2.96. The Morgan fingerprint density at radius 2 is 2.33 bits per heavy atom. The van der Waals surface area contributed by atoms with Gasteiger partial charge in [-0.3, -0.25) is 9.80 Å². The minimum Gasteiger partial charge on any atom is -0.475 e. The van der Waals surface area contributed by atoms with E-state index >= 15 is 0 Å². The van der Waals surface area contributed by atoms with Gasteiger partial charge < -0.3 is 9.52 Å². The smallest absolute Gasteiger partial charge is 0.372 e. The molecule has 2 aliphatic heterocycles.